The minimum Gasteiger partial charge on any atom is -0.208 e. The van der Waals surface area contributed by atoms with Gasteiger partial charge in [0.15, 0.2) is 17.5 Å². The SMILES string of the molecule is c1ccc(-c2ccccc2-c2nc(-c3ccc(-c4cccc5c4C4(c6ccccc6-c6ccccc64)c4ccccc4-5)cc3)nc(-c3ccccc3-c3ccccc3)n2)cc1. The van der Waals surface area contributed by atoms with Crippen LogP contribution in [0.5, 0.6) is 0 Å². The van der Waals surface area contributed by atoms with Gasteiger partial charge in [0.05, 0.1) is 5.41 Å². The fourth-order valence-electron chi connectivity index (χ4n) is 10.0. The van der Waals surface area contributed by atoms with Gasteiger partial charge in [-0.2, -0.15) is 0 Å². The van der Waals surface area contributed by atoms with Gasteiger partial charge in [0, 0.05) is 16.7 Å². The molecule has 61 heavy (non-hydrogen) atoms. The Morgan fingerprint density at radius 3 is 1.03 bits per heavy atom. The maximum atomic E-state index is 5.26. The standard InChI is InChI=1S/C58H37N3/c1-3-18-38(19-4-1)42-22-7-9-27-49(42)56-59-55(60-57(61-56)50-28-10-8-23-43(50)39-20-5-2-6-21-39)41-36-34-40(35-37-41)44-29-17-30-48-47-26-13-16-33-53(47)58(54(44)48)51-31-14-11-24-45(51)46-25-12-15-32-52(46)58/h1-37H. The number of benzene rings is 9. The van der Waals surface area contributed by atoms with Gasteiger partial charge in [0.25, 0.3) is 0 Å². The summed E-state index contributed by atoms with van der Waals surface area (Å²) in [6.07, 6.45) is 0. The van der Waals surface area contributed by atoms with Crippen LogP contribution in [0.2, 0.25) is 0 Å². The lowest BCUT2D eigenvalue weighted by Gasteiger charge is -2.32. The van der Waals surface area contributed by atoms with Crippen molar-refractivity contribution in [2.24, 2.45) is 0 Å². The Morgan fingerprint density at radius 2 is 0.541 bits per heavy atom. The average molecular weight is 776 g/mol. The van der Waals surface area contributed by atoms with Gasteiger partial charge in [-0.3, -0.25) is 0 Å². The number of nitrogens with zero attached hydrogens (tertiary/aromatic N) is 3. The Bertz CT molecular complexity index is 3130. The van der Waals surface area contributed by atoms with Crippen LogP contribution in [0.3, 0.4) is 0 Å². The number of fused-ring (bicyclic) bond motifs is 10. The third kappa shape index (κ3) is 5.41. The number of hydrogen-bond acceptors (Lipinski definition) is 3. The van der Waals surface area contributed by atoms with Crippen molar-refractivity contribution in [2.75, 3.05) is 0 Å². The van der Waals surface area contributed by atoms with E-state index in [1.54, 1.807) is 0 Å². The first kappa shape index (κ1) is 35.0. The van der Waals surface area contributed by atoms with Crippen molar-refractivity contribution < 1.29 is 0 Å². The molecule has 1 aromatic heterocycles. The lowest BCUT2D eigenvalue weighted by molar-refractivity contribution is 0.796. The zero-order chi connectivity index (χ0) is 40.3. The number of hydrogen-bond donors (Lipinski definition) is 0. The van der Waals surface area contributed by atoms with Gasteiger partial charge in [-0.15, -0.1) is 0 Å². The number of rotatable bonds is 6. The third-order valence-corrected chi connectivity index (χ3v) is 12.6. The third-order valence-electron chi connectivity index (χ3n) is 12.6. The minimum atomic E-state index is -0.440. The summed E-state index contributed by atoms with van der Waals surface area (Å²) in [5.74, 6) is 1.88. The van der Waals surface area contributed by atoms with Crippen LogP contribution in [0.15, 0.2) is 224 Å². The normalized spacial score (nSPS) is 12.7. The molecule has 2 aliphatic carbocycles. The quantitative estimate of drug-likeness (QED) is 0.169. The maximum absolute atomic E-state index is 5.26. The molecule has 3 nitrogen and oxygen atoms in total. The van der Waals surface area contributed by atoms with Crippen LogP contribution >= 0.6 is 0 Å². The molecule has 0 atom stereocenters. The second-order valence-corrected chi connectivity index (χ2v) is 15.8. The van der Waals surface area contributed by atoms with E-state index < -0.39 is 5.41 Å². The molecule has 1 spiro atoms. The van der Waals surface area contributed by atoms with E-state index >= 15 is 0 Å². The van der Waals surface area contributed by atoms with E-state index in [1.807, 2.05) is 12.1 Å². The highest BCUT2D eigenvalue weighted by Gasteiger charge is 2.52. The predicted molar refractivity (Wildman–Crippen MR) is 249 cm³/mol. The first-order valence-electron chi connectivity index (χ1n) is 20.9. The van der Waals surface area contributed by atoms with E-state index in [-0.39, 0.29) is 0 Å². The molecular weight excluding hydrogens is 739 g/mol. The summed E-state index contributed by atoms with van der Waals surface area (Å²) >= 11 is 0. The highest BCUT2D eigenvalue weighted by Crippen LogP contribution is 2.64. The number of aromatic nitrogens is 3. The molecule has 0 fully saturated rings. The summed E-state index contributed by atoms with van der Waals surface area (Å²) in [7, 11) is 0. The van der Waals surface area contributed by atoms with E-state index in [0.717, 1.165) is 44.5 Å². The molecule has 0 saturated heterocycles. The van der Waals surface area contributed by atoms with Crippen molar-refractivity contribution in [1.29, 1.82) is 0 Å². The second kappa shape index (κ2) is 14.1. The molecule has 0 aliphatic heterocycles. The smallest absolute Gasteiger partial charge is 0.164 e. The Balaban J connectivity index is 1.04. The summed E-state index contributed by atoms with van der Waals surface area (Å²) in [5, 5.41) is 0. The van der Waals surface area contributed by atoms with E-state index in [2.05, 4.69) is 212 Å². The summed E-state index contributed by atoms with van der Waals surface area (Å²) in [6.45, 7) is 0. The van der Waals surface area contributed by atoms with E-state index in [1.165, 1.54) is 50.1 Å². The fraction of sp³-hybridized carbons (Fsp3) is 0.0172. The van der Waals surface area contributed by atoms with Crippen LogP contribution in [-0.4, -0.2) is 15.0 Å². The summed E-state index contributed by atoms with van der Waals surface area (Å²) in [4.78, 5) is 15.8. The molecule has 0 N–H and O–H groups in total. The van der Waals surface area contributed by atoms with Crippen LogP contribution in [0.4, 0.5) is 0 Å². The summed E-state index contributed by atoms with van der Waals surface area (Å²) in [6, 6.07) is 80.3. The molecule has 9 aromatic carbocycles. The van der Waals surface area contributed by atoms with Crippen molar-refractivity contribution in [3.8, 4) is 89.8 Å². The molecule has 0 bridgehead atoms. The van der Waals surface area contributed by atoms with E-state index in [9.17, 15) is 0 Å². The van der Waals surface area contributed by atoms with Gasteiger partial charge in [-0.25, -0.2) is 15.0 Å². The van der Waals surface area contributed by atoms with Crippen molar-refractivity contribution in [2.45, 2.75) is 5.41 Å². The fourth-order valence-corrected chi connectivity index (χ4v) is 10.0. The largest absolute Gasteiger partial charge is 0.208 e. The lowest BCUT2D eigenvalue weighted by Crippen LogP contribution is -2.26. The van der Waals surface area contributed by atoms with Gasteiger partial charge in [-0.05, 0) is 77.9 Å². The van der Waals surface area contributed by atoms with Gasteiger partial charge >= 0.3 is 0 Å². The molecule has 0 saturated carbocycles. The van der Waals surface area contributed by atoms with Crippen molar-refractivity contribution in [3.05, 3.63) is 247 Å². The van der Waals surface area contributed by atoms with Crippen LogP contribution in [0, 0.1) is 0 Å². The Morgan fingerprint density at radius 1 is 0.213 bits per heavy atom. The molecule has 3 heteroatoms. The Labute approximate surface area is 355 Å². The lowest BCUT2D eigenvalue weighted by atomic mass is 9.68. The first-order valence-corrected chi connectivity index (χ1v) is 20.9. The Hall–Kier alpha value is -8.01. The molecular formula is C58H37N3. The van der Waals surface area contributed by atoms with Gasteiger partial charge in [-0.1, -0.05) is 224 Å². The zero-order valence-electron chi connectivity index (χ0n) is 33.2. The van der Waals surface area contributed by atoms with Crippen LogP contribution in [0.1, 0.15) is 22.3 Å². The molecule has 2 aliphatic rings. The molecule has 12 rings (SSSR count). The van der Waals surface area contributed by atoms with Crippen molar-refractivity contribution in [1.82, 2.24) is 15.0 Å². The van der Waals surface area contributed by atoms with E-state index in [0.29, 0.717) is 17.5 Å². The minimum absolute atomic E-state index is 0.440. The highest BCUT2D eigenvalue weighted by molar-refractivity contribution is 5.98. The average Bonchev–Trinajstić information content (AvgIpc) is 3.82. The van der Waals surface area contributed by atoms with E-state index in [4.69, 9.17) is 15.0 Å². The summed E-state index contributed by atoms with van der Waals surface area (Å²) in [5.41, 5.74) is 19.6. The molecule has 284 valence electrons. The van der Waals surface area contributed by atoms with Crippen molar-refractivity contribution in [3.63, 3.8) is 0 Å². The monoisotopic (exact) mass is 775 g/mol. The topological polar surface area (TPSA) is 38.7 Å². The summed E-state index contributed by atoms with van der Waals surface area (Å²) < 4.78 is 0. The predicted octanol–water partition coefficient (Wildman–Crippen LogP) is 14.2. The maximum Gasteiger partial charge on any atom is 0.164 e. The van der Waals surface area contributed by atoms with Gasteiger partial charge in [0.2, 0.25) is 0 Å². The Kier molecular flexibility index (Phi) is 8.07. The molecule has 10 aromatic rings. The van der Waals surface area contributed by atoms with Crippen LogP contribution < -0.4 is 0 Å². The van der Waals surface area contributed by atoms with Gasteiger partial charge in [0.1, 0.15) is 0 Å². The van der Waals surface area contributed by atoms with Crippen LogP contribution in [0.25, 0.3) is 89.8 Å². The molecule has 0 radical (unpaired) electrons. The second-order valence-electron chi connectivity index (χ2n) is 15.8. The molecule has 0 unspecified atom stereocenters. The van der Waals surface area contributed by atoms with Crippen LogP contribution in [-0.2, 0) is 5.41 Å². The zero-order valence-corrected chi connectivity index (χ0v) is 33.2. The van der Waals surface area contributed by atoms with Gasteiger partial charge < -0.3 is 0 Å². The highest BCUT2D eigenvalue weighted by atomic mass is 15.0. The first-order chi connectivity index (χ1) is 30.3. The molecule has 1 heterocycles. The van der Waals surface area contributed by atoms with Crippen molar-refractivity contribution >= 4 is 0 Å². The molecule has 0 amide bonds.